The highest BCUT2D eigenvalue weighted by atomic mass is 16.5. The van der Waals surface area contributed by atoms with Crippen LogP contribution in [0.1, 0.15) is 18.4 Å². The van der Waals surface area contributed by atoms with Gasteiger partial charge in [0.25, 0.3) is 0 Å². The number of hydrogen-bond donors (Lipinski definition) is 1. The standard InChI is InChI=1S/C15H17NO4/c17-14(11-5-6-19-8-11)9-20-12-3-1-10-2-4-15(18)16-13(10)7-12/h1,3,7,11H,2,4-6,8-9H2,(H,16,18). The summed E-state index contributed by atoms with van der Waals surface area (Å²) in [4.78, 5) is 23.2. The molecule has 2 aliphatic heterocycles. The molecule has 20 heavy (non-hydrogen) atoms. The number of carbonyl (C=O) groups excluding carboxylic acids is 2. The van der Waals surface area contributed by atoms with Gasteiger partial charge in [0, 0.05) is 30.7 Å². The Morgan fingerprint density at radius 2 is 2.30 bits per heavy atom. The lowest BCUT2D eigenvalue weighted by Gasteiger charge is -2.17. The van der Waals surface area contributed by atoms with Crippen LogP contribution in [0, 0.1) is 5.92 Å². The molecule has 1 fully saturated rings. The molecule has 0 aliphatic carbocycles. The molecule has 1 aromatic carbocycles. The monoisotopic (exact) mass is 275 g/mol. The number of nitrogens with one attached hydrogen (secondary N) is 1. The molecule has 1 aromatic rings. The maximum absolute atomic E-state index is 11.9. The molecule has 0 saturated carbocycles. The van der Waals surface area contributed by atoms with Crippen molar-refractivity contribution in [1.82, 2.24) is 0 Å². The van der Waals surface area contributed by atoms with Gasteiger partial charge in [0.05, 0.1) is 6.61 Å². The maximum Gasteiger partial charge on any atom is 0.224 e. The van der Waals surface area contributed by atoms with Crippen molar-refractivity contribution in [3.8, 4) is 5.75 Å². The average Bonchev–Trinajstić information content (AvgIpc) is 2.98. The van der Waals surface area contributed by atoms with Crippen LogP contribution in [-0.4, -0.2) is 31.5 Å². The molecule has 2 aliphatic rings. The van der Waals surface area contributed by atoms with E-state index in [-0.39, 0.29) is 24.2 Å². The van der Waals surface area contributed by atoms with E-state index in [2.05, 4.69) is 5.32 Å². The minimum absolute atomic E-state index is 0.0221. The van der Waals surface area contributed by atoms with Gasteiger partial charge in [0.15, 0.2) is 5.78 Å². The number of hydrogen-bond acceptors (Lipinski definition) is 4. The number of ether oxygens (including phenoxy) is 2. The number of fused-ring (bicyclic) bond motifs is 1. The zero-order valence-electron chi connectivity index (χ0n) is 11.2. The minimum atomic E-state index is -0.0349. The summed E-state index contributed by atoms with van der Waals surface area (Å²) < 4.78 is 10.7. The van der Waals surface area contributed by atoms with E-state index in [1.54, 1.807) is 6.07 Å². The highest BCUT2D eigenvalue weighted by Gasteiger charge is 2.23. The summed E-state index contributed by atoms with van der Waals surface area (Å²) in [5.74, 6) is 0.670. The fraction of sp³-hybridized carbons (Fsp3) is 0.467. The summed E-state index contributed by atoms with van der Waals surface area (Å²) in [5, 5.41) is 2.82. The Labute approximate surface area is 117 Å². The molecular formula is C15H17NO4. The third-order valence-corrected chi connectivity index (χ3v) is 3.74. The predicted octanol–water partition coefficient (Wildman–Crippen LogP) is 1.56. The van der Waals surface area contributed by atoms with Crippen molar-refractivity contribution in [1.29, 1.82) is 0 Å². The number of carbonyl (C=O) groups is 2. The minimum Gasteiger partial charge on any atom is -0.486 e. The summed E-state index contributed by atoms with van der Waals surface area (Å²) in [6.07, 6.45) is 2.05. The number of aryl methyl sites for hydroxylation is 1. The molecular weight excluding hydrogens is 258 g/mol. The highest BCUT2D eigenvalue weighted by Crippen LogP contribution is 2.27. The van der Waals surface area contributed by atoms with E-state index >= 15 is 0 Å². The molecule has 5 nitrogen and oxygen atoms in total. The molecule has 1 atom stereocenters. The molecule has 5 heteroatoms. The van der Waals surface area contributed by atoms with Gasteiger partial charge < -0.3 is 14.8 Å². The van der Waals surface area contributed by atoms with Gasteiger partial charge in [-0.1, -0.05) is 6.07 Å². The Kier molecular flexibility index (Phi) is 3.69. The fourth-order valence-corrected chi connectivity index (χ4v) is 2.50. The van der Waals surface area contributed by atoms with E-state index in [0.29, 0.717) is 25.4 Å². The first-order valence-electron chi connectivity index (χ1n) is 6.88. The summed E-state index contributed by atoms with van der Waals surface area (Å²) >= 11 is 0. The smallest absolute Gasteiger partial charge is 0.224 e. The van der Waals surface area contributed by atoms with E-state index in [4.69, 9.17) is 9.47 Å². The van der Waals surface area contributed by atoms with Crippen LogP contribution in [0.2, 0.25) is 0 Å². The molecule has 0 bridgehead atoms. The second-order valence-corrected chi connectivity index (χ2v) is 5.18. The molecule has 2 heterocycles. The van der Waals surface area contributed by atoms with Gasteiger partial charge in [-0.3, -0.25) is 9.59 Å². The molecule has 0 aromatic heterocycles. The van der Waals surface area contributed by atoms with Crippen LogP contribution >= 0.6 is 0 Å². The molecule has 106 valence electrons. The predicted molar refractivity (Wildman–Crippen MR) is 72.8 cm³/mol. The average molecular weight is 275 g/mol. The number of ketones is 1. The van der Waals surface area contributed by atoms with Crippen LogP contribution in [0.25, 0.3) is 0 Å². The van der Waals surface area contributed by atoms with Crippen molar-refractivity contribution in [3.05, 3.63) is 23.8 Å². The van der Waals surface area contributed by atoms with Crippen LogP contribution < -0.4 is 10.1 Å². The number of benzene rings is 1. The van der Waals surface area contributed by atoms with Crippen LogP contribution in [0.15, 0.2) is 18.2 Å². The van der Waals surface area contributed by atoms with Gasteiger partial charge >= 0.3 is 0 Å². The van der Waals surface area contributed by atoms with E-state index in [0.717, 1.165) is 24.1 Å². The molecule has 1 saturated heterocycles. The zero-order chi connectivity index (χ0) is 13.9. The van der Waals surface area contributed by atoms with Gasteiger partial charge in [-0.15, -0.1) is 0 Å². The number of rotatable bonds is 4. The lowest BCUT2D eigenvalue weighted by Crippen LogP contribution is -2.22. The van der Waals surface area contributed by atoms with Crippen molar-refractivity contribution in [3.63, 3.8) is 0 Å². The molecule has 3 rings (SSSR count). The molecule has 1 N–H and O–H groups in total. The third-order valence-electron chi connectivity index (χ3n) is 3.74. The quantitative estimate of drug-likeness (QED) is 0.905. The van der Waals surface area contributed by atoms with Crippen molar-refractivity contribution in [2.24, 2.45) is 5.92 Å². The van der Waals surface area contributed by atoms with E-state index in [1.807, 2.05) is 12.1 Å². The Hall–Kier alpha value is -1.88. The largest absolute Gasteiger partial charge is 0.486 e. The SMILES string of the molecule is O=C1CCc2ccc(OCC(=O)C3CCOC3)cc2N1. The summed E-state index contributed by atoms with van der Waals surface area (Å²) in [6, 6.07) is 5.56. The number of anilines is 1. The van der Waals surface area contributed by atoms with E-state index in [1.165, 1.54) is 0 Å². The number of amides is 1. The molecule has 0 radical (unpaired) electrons. The van der Waals surface area contributed by atoms with Crippen molar-refractivity contribution >= 4 is 17.4 Å². The third kappa shape index (κ3) is 2.82. The second-order valence-electron chi connectivity index (χ2n) is 5.18. The Balaban J connectivity index is 1.61. The maximum atomic E-state index is 11.9. The lowest BCUT2D eigenvalue weighted by molar-refractivity contribution is -0.124. The lowest BCUT2D eigenvalue weighted by atomic mass is 10.0. The van der Waals surface area contributed by atoms with Gasteiger partial charge in [-0.05, 0) is 24.5 Å². The Morgan fingerprint density at radius 3 is 3.10 bits per heavy atom. The second kappa shape index (κ2) is 5.63. The summed E-state index contributed by atoms with van der Waals surface area (Å²) in [5.41, 5.74) is 1.89. The van der Waals surface area contributed by atoms with E-state index < -0.39 is 0 Å². The van der Waals surface area contributed by atoms with Crippen LogP contribution in [0.3, 0.4) is 0 Å². The molecule has 1 unspecified atom stereocenters. The first kappa shape index (κ1) is 13.1. The molecule has 0 spiro atoms. The van der Waals surface area contributed by atoms with Gasteiger partial charge in [-0.25, -0.2) is 0 Å². The van der Waals surface area contributed by atoms with Crippen LogP contribution in [0.4, 0.5) is 5.69 Å². The number of Topliss-reactive ketones (excluding diaryl/α,β-unsaturated/α-hetero) is 1. The highest BCUT2D eigenvalue weighted by molar-refractivity contribution is 5.94. The first-order chi connectivity index (χ1) is 9.72. The van der Waals surface area contributed by atoms with Crippen LogP contribution in [0.5, 0.6) is 5.75 Å². The first-order valence-corrected chi connectivity index (χ1v) is 6.88. The van der Waals surface area contributed by atoms with E-state index in [9.17, 15) is 9.59 Å². The Morgan fingerprint density at radius 1 is 1.40 bits per heavy atom. The van der Waals surface area contributed by atoms with Crippen molar-refractivity contribution in [2.75, 3.05) is 25.1 Å². The van der Waals surface area contributed by atoms with Crippen molar-refractivity contribution < 1.29 is 19.1 Å². The summed E-state index contributed by atoms with van der Waals surface area (Å²) in [7, 11) is 0. The summed E-state index contributed by atoms with van der Waals surface area (Å²) in [6.45, 7) is 1.21. The molecule has 1 amide bonds. The Bertz CT molecular complexity index is 535. The van der Waals surface area contributed by atoms with Crippen LogP contribution in [-0.2, 0) is 20.7 Å². The topological polar surface area (TPSA) is 64.6 Å². The van der Waals surface area contributed by atoms with Crippen molar-refractivity contribution in [2.45, 2.75) is 19.3 Å². The zero-order valence-corrected chi connectivity index (χ0v) is 11.2. The van der Waals surface area contributed by atoms with Gasteiger partial charge in [0.2, 0.25) is 5.91 Å². The fourth-order valence-electron chi connectivity index (χ4n) is 2.50. The van der Waals surface area contributed by atoms with Gasteiger partial charge in [0.1, 0.15) is 12.4 Å². The van der Waals surface area contributed by atoms with Gasteiger partial charge in [-0.2, -0.15) is 0 Å². The normalized spacial score (nSPS) is 21.2.